The summed E-state index contributed by atoms with van der Waals surface area (Å²) >= 11 is 3.28. The summed E-state index contributed by atoms with van der Waals surface area (Å²) in [5.41, 5.74) is 0.262. The number of carbonyl (C=O) groups is 1. The van der Waals surface area contributed by atoms with E-state index in [-0.39, 0.29) is 45.5 Å². The largest absolute Gasteiger partial charge is 0.505 e. The highest BCUT2D eigenvalue weighted by Crippen LogP contribution is 2.37. The zero-order valence-electron chi connectivity index (χ0n) is 16.9. The van der Waals surface area contributed by atoms with Crippen LogP contribution in [-0.4, -0.2) is 35.2 Å². The number of furan rings is 1. The molecule has 0 saturated carbocycles. The normalized spacial score (nSPS) is 11.9. The summed E-state index contributed by atoms with van der Waals surface area (Å²) in [6.07, 6.45) is 0.628. The van der Waals surface area contributed by atoms with Crippen LogP contribution in [0.2, 0.25) is 0 Å². The molecular weight excluding hydrogens is 458 g/mol. The molecule has 3 aromatic rings. The molecule has 10 nitrogen and oxygen atoms in total. The molecule has 0 unspecified atom stereocenters. The molecule has 2 aromatic heterocycles. The third-order valence-electron chi connectivity index (χ3n) is 4.44. The van der Waals surface area contributed by atoms with Crippen molar-refractivity contribution in [1.82, 2.24) is 10.1 Å². The van der Waals surface area contributed by atoms with Crippen molar-refractivity contribution in [2.45, 2.75) is 26.3 Å². The van der Waals surface area contributed by atoms with Crippen molar-refractivity contribution in [3.63, 3.8) is 0 Å². The third-order valence-corrected chi connectivity index (χ3v) is 5.10. The van der Waals surface area contributed by atoms with E-state index in [0.717, 1.165) is 5.76 Å². The Labute approximate surface area is 181 Å². The number of rotatable bonds is 7. The third kappa shape index (κ3) is 4.20. The lowest BCUT2D eigenvalue weighted by atomic mass is 10.1. The number of carbonyl (C=O) groups excluding carboxylic acids is 1. The summed E-state index contributed by atoms with van der Waals surface area (Å²) < 4.78 is 10.8. The highest BCUT2D eigenvalue weighted by Gasteiger charge is 2.27. The van der Waals surface area contributed by atoms with Gasteiger partial charge in [-0.2, -0.15) is 0 Å². The number of benzene rings is 1. The molecule has 160 valence electrons. The number of aromatic hydroxyl groups is 1. The summed E-state index contributed by atoms with van der Waals surface area (Å²) in [6.45, 7) is 3.77. The molecular formula is C19H22BrN5O5. The predicted octanol–water partition coefficient (Wildman–Crippen LogP) is 3.69. The van der Waals surface area contributed by atoms with Gasteiger partial charge in [-0.05, 0) is 58.7 Å². The van der Waals surface area contributed by atoms with Gasteiger partial charge in [0.05, 0.1) is 11.3 Å². The number of aromatic nitrogens is 2. The minimum absolute atomic E-state index is 0.0127. The maximum absolute atomic E-state index is 12.4. The molecule has 0 fully saturated rings. The van der Waals surface area contributed by atoms with E-state index in [4.69, 9.17) is 9.05 Å². The summed E-state index contributed by atoms with van der Waals surface area (Å²) in [4.78, 5) is 14.0. The molecule has 3 rings (SSSR count). The van der Waals surface area contributed by atoms with E-state index in [0.29, 0.717) is 16.7 Å². The van der Waals surface area contributed by atoms with Crippen molar-refractivity contribution in [2.75, 3.05) is 24.7 Å². The second-order valence-electron chi connectivity index (χ2n) is 6.82. The summed E-state index contributed by atoms with van der Waals surface area (Å²) in [6, 6.07) is 6.51. The predicted molar refractivity (Wildman–Crippen MR) is 113 cm³/mol. The monoisotopic (exact) mass is 479 g/mol. The van der Waals surface area contributed by atoms with E-state index in [1.54, 1.807) is 26.2 Å². The Hall–Kier alpha value is -3.21. The van der Waals surface area contributed by atoms with Gasteiger partial charge in [-0.1, -0.05) is 11.8 Å². The van der Waals surface area contributed by atoms with Crippen LogP contribution in [0.1, 0.15) is 41.3 Å². The van der Waals surface area contributed by atoms with Crippen LogP contribution in [0.4, 0.5) is 17.3 Å². The summed E-state index contributed by atoms with van der Waals surface area (Å²) in [5.74, 6) is 0.795. The maximum Gasteiger partial charge on any atom is 0.320 e. The number of aryl methyl sites for hydroxylation is 1. The molecule has 0 aliphatic rings. The van der Waals surface area contributed by atoms with Crippen molar-refractivity contribution in [3.05, 3.63) is 51.0 Å². The quantitative estimate of drug-likeness (QED) is 0.345. The fourth-order valence-corrected chi connectivity index (χ4v) is 3.34. The molecule has 1 aromatic carbocycles. The fourth-order valence-electron chi connectivity index (χ4n) is 2.85. The Kier molecular flexibility index (Phi) is 6.20. The van der Waals surface area contributed by atoms with E-state index < -0.39 is 0 Å². The maximum atomic E-state index is 12.4. The Balaban J connectivity index is 1.92. The van der Waals surface area contributed by atoms with Gasteiger partial charge in [0.2, 0.25) is 0 Å². The van der Waals surface area contributed by atoms with Crippen LogP contribution in [0.25, 0.3) is 0 Å². The number of hydrogen-bond donors (Lipinski definition) is 3. The van der Waals surface area contributed by atoms with Gasteiger partial charge in [-0.3, -0.25) is 10.1 Å². The first kappa shape index (κ1) is 21.5. The zero-order valence-corrected chi connectivity index (χ0v) is 18.5. The SMILES string of the molecule is CC[C@@H](Nc1c(Nc2ccc(Br)c(C(=O)N(C)C)c2O)no[n+]1[O-])c1ccc(C)o1. The smallest absolute Gasteiger partial charge is 0.320 e. The minimum Gasteiger partial charge on any atom is -0.505 e. The number of nitrogens with one attached hydrogen (secondary N) is 2. The van der Waals surface area contributed by atoms with Gasteiger partial charge in [0.1, 0.15) is 17.6 Å². The standard InChI is InChI=1S/C19H22BrN5O5/c1-5-12(14-9-6-10(2)29-14)22-18-17(23-30-25(18)28)21-13-8-7-11(20)15(16(13)26)19(27)24(3)4/h6-9,12,22,26H,5H2,1-4H3,(H,21,23)/t12-/m1/s1. The first-order valence-electron chi connectivity index (χ1n) is 9.15. The average molecular weight is 480 g/mol. The van der Waals surface area contributed by atoms with E-state index in [9.17, 15) is 15.1 Å². The number of anilines is 3. The van der Waals surface area contributed by atoms with Crippen LogP contribution in [0.15, 0.2) is 37.8 Å². The van der Waals surface area contributed by atoms with Gasteiger partial charge in [-0.25, -0.2) is 0 Å². The second-order valence-corrected chi connectivity index (χ2v) is 7.68. The molecule has 1 atom stereocenters. The lowest BCUT2D eigenvalue weighted by Gasteiger charge is -2.16. The number of amides is 1. The molecule has 1 amide bonds. The summed E-state index contributed by atoms with van der Waals surface area (Å²) in [5, 5.41) is 32.4. The van der Waals surface area contributed by atoms with Crippen molar-refractivity contribution >= 4 is 39.2 Å². The molecule has 0 bridgehead atoms. The van der Waals surface area contributed by atoms with E-state index in [1.807, 2.05) is 26.0 Å². The molecule has 0 spiro atoms. The Bertz CT molecular complexity index is 1060. The first-order chi connectivity index (χ1) is 14.2. The van der Waals surface area contributed by atoms with Crippen molar-refractivity contribution in [1.29, 1.82) is 0 Å². The molecule has 0 radical (unpaired) electrons. The number of hydrogen-bond acceptors (Lipinski definition) is 8. The van der Waals surface area contributed by atoms with Crippen LogP contribution in [-0.2, 0) is 0 Å². The van der Waals surface area contributed by atoms with Gasteiger partial charge in [-0.15, -0.1) is 0 Å². The highest BCUT2D eigenvalue weighted by molar-refractivity contribution is 9.10. The van der Waals surface area contributed by atoms with E-state index >= 15 is 0 Å². The number of halogens is 1. The van der Waals surface area contributed by atoms with Crippen LogP contribution in [0.5, 0.6) is 5.75 Å². The summed E-state index contributed by atoms with van der Waals surface area (Å²) in [7, 11) is 3.16. The average Bonchev–Trinajstić information content (AvgIpc) is 3.28. The van der Waals surface area contributed by atoms with Crippen molar-refractivity contribution in [2.24, 2.45) is 0 Å². The molecule has 0 saturated heterocycles. The van der Waals surface area contributed by atoms with Crippen LogP contribution >= 0.6 is 15.9 Å². The second kappa shape index (κ2) is 8.66. The zero-order chi connectivity index (χ0) is 22.0. The topological polar surface area (TPSA) is 131 Å². The Morgan fingerprint density at radius 3 is 2.70 bits per heavy atom. The highest BCUT2D eigenvalue weighted by atomic mass is 79.9. The van der Waals surface area contributed by atoms with Gasteiger partial charge in [0.25, 0.3) is 5.91 Å². The Morgan fingerprint density at radius 2 is 2.10 bits per heavy atom. The molecule has 0 aliphatic carbocycles. The minimum atomic E-state index is -0.389. The molecule has 0 aliphatic heterocycles. The number of phenols is 1. The fraction of sp³-hybridized carbons (Fsp3) is 0.316. The van der Waals surface area contributed by atoms with Gasteiger partial charge >= 0.3 is 11.6 Å². The van der Waals surface area contributed by atoms with Gasteiger partial charge in [0.15, 0.2) is 5.75 Å². The molecule has 3 N–H and O–H groups in total. The van der Waals surface area contributed by atoms with Gasteiger partial charge < -0.3 is 29.6 Å². The first-order valence-corrected chi connectivity index (χ1v) is 9.95. The Morgan fingerprint density at radius 1 is 1.37 bits per heavy atom. The molecule has 11 heteroatoms. The molecule has 30 heavy (non-hydrogen) atoms. The number of nitrogens with zero attached hydrogens (tertiary/aromatic N) is 3. The number of phenolic OH excluding ortho intramolecular Hbond substituents is 1. The van der Waals surface area contributed by atoms with Crippen LogP contribution < -0.4 is 15.5 Å². The van der Waals surface area contributed by atoms with Crippen molar-refractivity contribution < 1.29 is 23.9 Å². The molecule has 2 heterocycles. The lowest BCUT2D eigenvalue weighted by Crippen LogP contribution is -2.29. The van der Waals surface area contributed by atoms with Crippen molar-refractivity contribution in [3.8, 4) is 5.75 Å². The van der Waals surface area contributed by atoms with Crippen LogP contribution in [0, 0.1) is 12.1 Å². The van der Waals surface area contributed by atoms with E-state index in [2.05, 4.69) is 31.7 Å². The van der Waals surface area contributed by atoms with Gasteiger partial charge in [0, 0.05) is 18.6 Å². The lowest BCUT2D eigenvalue weighted by molar-refractivity contribution is -0.791. The van der Waals surface area contributed by atoms with Crippen LogP contribution in [0.3, 0.4) is 0 Å². The van der Waals surface area contributed by atoms with E-state index in [1.165, 1.54) is 4.90 Å².